The minimum Gasteiger partial charge on any atom is -0.394 e. The molecule has 0 fully saturated rings. The number of aliphatic hydroxyl groups excluding tert-OH is 1. The highest BCUT2D eigenvalue weighted by Crippen LogP contribution is 2.26. The molecule has 0 unspecified atom stereocenters. The Bertz CT molecular complexity index is 319. The minimum absolute atomic E-state index is 0.0913. The molecule has 0 saturated heterocycles. The lowest BCUT2D eigenvalue weighted by Crippen LogP contribution is -2.16. The van der Waals surface area contributed by atoms with Gasteiger partial charge in [-0.05, 0) is 12.1 Å². The lowest BCUT2D eigenvalue weighted by atomic mass is 10.1. The first kappa shape index (κ1) is 10.7. The minimum atomic E-state index is -0.795. The highest BCUT2D eigenvalue weighted by molar-refractivity contribution is 6.34. The molecule has 1 aromatic rings. The van der Waals surface area contributed by atoms with Gasteiger partial charge in [-0.1, -0.05) is 23.2 Å². The molecular weight excluding hydrogens is 216 g/mol. The fourth-order valence-corrected chi connectivity index (χ4v) is 1.45. The number of rotatable bonds is 2. The van der Waals surface area contributed by atoms with Gasteiger partial charge in [0.2, 0.25) is 0 Å². The molecule has 3 N–H and O–H groups in total. The lowest BCUT2D eigenvalue weighted by Gasteiger charge is -2.10. The van der Waals surface area contributed by atoms with Gasteiger partial charge in [-0.2, -0.15) is 0 Å². The van der Waals surface area contributed by atoms with Crippen molar-refractivity contribution >= 4 is 23.2 Å². The summed E-state index contributed by atoms with van der Waals surface area (Å²) in [5.74, 6) is -0.632. The number of hydrogen-bond donors (Lipinski definition) is 2. The number of aliphatic hydroxyl groups is 1. The molecule has 1 rings (SSSR count). The van der Waals surface area contributed by atoms with E-state index in [1.165, 1.54) is 12.1 Å². The first-order valence-electron chi connectivity index (χ1n) is 3.57. The monoisotopic (exact) mass is 223 g/mol. The molecule has 0 aliphatic rings. The smallest absolute Gasteiger partial charge is 0.146 e. The van der Waals surface area contributed by atoms with Crippen molar-refractivity contribution < 1.29 is 9.50 Å². The third-order valence-corrected chi connectivity index (χ3v) is 2.11. The Kier molecular flexibility index (Phi) is 3.50. The van der Waals surface area contributed by atoms with Gasteiger partial charge >= 0.3 is 0 Å². The zero-order valence-electron chi connectivity index (χ0n) is 6.60. The maximum atomic E-state index is 13.2. The molecule has 0 bridgehead atoms. The average Bonchev–Trinajstić information content (AvgIpc) is 2.10. The summed E-state index contributed by atoms with van der Waals surface area (Å²) in [4.78, 5) is 0. The van der Waals surface area contributed by atoms with Crippen molar-refractivity contribution in [2.45, 2.75) is 6.04 Å². The van der Waals surface area contributed by atoms with Gasteiger partial charge in [-0.25, -0.2) is 4.39 Å². The van der Waals surface area contributed by atoms with Crippen molar-refractivity contribution in [1.82, 2.24) is 0 Å². The largest absolute Gasteiger partial charge is 0.394 e. The van der Waals surface area contributed by atoms with E-state index in [1.54, 1.807) is 0 Å². The number of nitrogens with two attached hydrogens (primary N) is 1. The van der Waals surface area contributed by atoms with Crippen molar-refractivity contribution in [2.24, 2.45) is 5.73 Å². The molecule has 0 amide bonds. The van der Waals surface area contributed by atoms with Crippen LogP contribution < -0.4 is 5.73 Å². The molecule has 0 aromatic heterocycles. The van der Waals surface area contributed by atoms with Crippen LogP contribution in [0, 0.1) is 5.82 Å². The second-order valence-electron chi connectivity index (χ2n) is 2.58. The van der Waals surface area contributed by atoms with Crippen molar-refractivity contribution in [2.75, 3.05) is 6.61 Å². The average molecular weight is 224 g/mol. The zero-order chi connectivity index (χ0) is 10.0. The van der Waals surface area contributed by atoms with Crippen LogP contribution in [-0.4, -0.2) is 11.7 Å². The summed E-state index contributed by atoms with van der Waals surface area (Å²) in [6.07, 6.45) is 0. The highest BCUT2D eigenvalue weighted by atomic mass is 35.5. The summed E-state index contributed by atoms with van der Waals surface area (Å²) < 4.78 is 13.2. The van der Waals surface area contributed by atoms with Crippen LogP contribution in [0.5, 0.6) is 0 Å². The molecular formula is C8H8Cl2FNO. The van der Waals surface area contributed by atoms with E-state index in [1.807, 2.05) is 0 Å². The van der Waals surface area contributed by atoms with E-state index in [-0.39, 0.29) is 17.2 Å². The standard InChI is InChI=1S/C8H8Cl2FNO/c9-4-1-5(7(12)3-13)8(11)6(10)2-4/h1-2,7,13H,3,12H2/t7-/m1/s1. The lowest BCUT2D eigenvalue weighted by molar-refractivity contribution is 0.265. The first-order chi connectivity index (χ1) is 6.06. The number of benzene rings is 1. The van der Waals surface area contributed by atoms with Crippen molar-refractivity contribution in [3.8, 4) is 0 Å². The van der Waals surface area contributed by atoms with Crippen LogP contribution in [0.4, 0.5) is 4.39 Å². The molecule has 1 atom stereocenters. The van der Waals surface area contributed by atoms with E-state index in [9.17, 15) is 4.39 Å². The van der Waals surface area contributed by atoms with Gasteiger partial charge in [0.1, 0.15) is 5.82 Å². The Morgan fingerprint density at radius 1 is 1.46 bits per heavy atom. The second-order valence-corrected chi connectivity index (χ2v) is 3.42. The van der Waals surface area contributed by atoms with Gasteiger partial charge in [0.25, 0.3) is 0 Å². The van der Waals surface area contributed by atoms with E-state index in [4.69, 9.17) is 34.0 Å². The van der Waals surface area contributed by atoms with Crippen molar-refractivity contribution in [3.63, 3.8) is 0 Å². The van der Waals surface area contributed by atoms with Crippen molar-refractivity contribution in [1.29, 1.82) is 0 Å². The van der Waals surface area contributed by atoms with Gasteiger partial charge in [-0.15, -0.1) is 0 Å². The van der Waals surface area contributed by atoms with E-state index >= 15 is 0 Å². The molecule has 5 heteroatoms. The van der Waals surface area contributed by atoms with Crippen LogP contribution >= 0.6 is 23.2 Å². The molecule has 0 aliphatic carbocycles. The summed E-state index contributed by atoms with van der Waals surface area (Å²) >= 11 is 11.2. The Morgan fingerprint density at radius 3 is 2.62 bits per heavy atom. The number of hydrogen-bond acceptors (Lipinski definition) is 2. The Labute approximate surface area is 85.1 Å². The summed E-state index contributed by atoms with van der Waals surface area (Å²) in [6.45, 7) is -0.354. The second kappa shape index (κ2) is 4.24. The normalized spacial score (nSPS) is 13.0. The molecule has 1 aromatic carbocycles. The van der Waals surface area contributed by atoms with Crippen LogP contribution in [0.15, 0.2) is 12.1 Å². The highest BCUT2D eigenvalue weighted by Gasteiger charge is 2.14. The maximum absolute atomic E-state index is 13.2. The molecule has 72 valence electrons. The van der Waals surface area contributed by atoms with Crippen LogP contribution in [0.25, 0.3) is 0 Å². The van der Waals surface area contributed by atoms with Crippen LogP contribution in [0.3, 0.4) is 0 Å². The third kappa shape index (κ3) is 2.31. The van der Waals surface area contributed by atoms with E-state index in [0.29, 0.717) is 5.02 Å². The third-order valence-electron chi connectivity index (χ3n) is 1.62. The molecule has 0 aliphatic heterocycles. The molecule has 0 radical (unpaired) electrons. The Balaban J connectivity index is 3.20. The van der Waals surface area contributed by atoms with Gasteiger partial charge < -0.3 is 10.8 Å². The molecule has 0 heterocycles. The first-order valence-corrected chi connectivity index (χ1v) is 4.32. The quantitative estimate of drug-likeness (QED) is 0.755. The SMILES string of the molecule is N[C@H](CO)c1cc(Cl)cc(Cl)c1F. The summed E-state index contributed by atoms with van der Waals surface area (Å²) in [5.41, 5.74) is 5.55. The fraction of sp³-hybridized carbons (Fsp3) is 0.250. The predicted molar refractivity (Wildman–Crippen MR) is 50.4 cm³/mol. The fourth-order valence-electron chi connectivity index (χ4n) is 0.944. The Morgan fingerprint density at radius 2 is 2.08 bits per heavy atom. The summed E-state index contributed by atoms with van der Waals surface area (Å²) in [7, 11) is 0. The topological polar surface area (TPSA) is 46.2 Å². The van der Waals surface area contributed by atoms with Gasteiger partial charge in [0.05, 0.1) is 17.7 Å². The summed E-state index contributed by atoms with van der Waals surface area (Å²) in [5, 5.41) is 8.92. The van der Waals surface area contributed by atoms with E-state index in [0.717, 1.165) is 0 Å². The summed E-state index contributed by atoms with van der Waals surface area (Å²) in [6, 6.07) is 1.84. The maximum Gasteiger partial charge on any atom is 0.146 e. The van der Waals surface area contributed by atoms with Crippen molar-refractivity contribution in [3.05, 3.63) is 33.6 Å². The van der Waals surface area contributed by atoms with Crippen LogP contribution in [0.1, 0.15) is 11.6 Å². The van der Waals surface area contributed by atoms with Crippen LogP contribution in [-0.2, 0) is 0 Å². The number of halogens is 3. The molecule has 2 nitrogen and oxygen atoms in total. The van der Waals surface area contributed by atoms with Gasteiger partial charge in [-0.3, -0.25) is 0 Å². The Hall–Kier alpha value is -0.350. The van der Waals surface area contributed by atoms with Gasteiger partial charge in [0, 0.05) is 10.6 Å². The molecule has 0 spiro atoms. The van der Waals surface area contributed by atoms with Gasteiger partial charge in [0.15, 0.2) is 0 Å². The molecule has 0 saturated carbocycles. The van der Waals surface area contributed by atoms with E-state index < -0.39 is 11.9 Å². The van der Waals surface area contributed by atoms with E-state index in [2.05, 4.69) is 0 Å². The molecule has 13 heavy (non-hydrogen) atoms. The zero-order valence-corrected chi connectivity index (χ0v) is 8.11. The van der Waals surface area contributed by atoms with Crippen LogP contribution in [0.2, 0.25) is 10.0 Å². The predicted octanol–water partition coefficient (Wildman–Crippen LogP) is 2.12.